The lowest BCUT2D eigenvalue weighted by molar-refractivity contribution is -0.166. The Morgan fingerprint density at radius 2 is 1.68 bits per heavy atom. The Balaban J connectivity index is 1.38. The van der Waals surface area contributed by atoms with E-state index in [9.17, 15) is 53.5 Å². The summed E-state index contributed by atoms with van der Waals surface area (Å²) in [7, 11) is -9.34. The molecule has 308 valence electrons. The van der Waals surface area contributed by atoms with Crippen LogP contribution in [-0.2, 0) is 46.5 Å². The summed E-state index contributed by atoms with van der Waals surface area (Å²) in [4.78, 5) is 84.2. The van der Waals surface area contributed by atoms with Crippen molar-refractivity contribution in [2.24, 2.45) is 0 Å². The number of phosphoric ester groups is 2. The predicted octanol–water partition coefficient (Wildman–Crippen LogP) is -2.93. The molecule has 28 heteroatoms. The number of nitrogen functional groups attached to an aromatic ring is 2. The van der Waals surface area contributed by atoms with Crippen molar-refractivity contribution in [1.82, 2.24) is 34.0 Å². The first-order chi connectivity index (χ1) is 26.4. The number of imidazole rings is 1. The predicted molar refractivity (Wildman–Crippen MR) is 184 cm³/mol. The Labute approximate surface area is 315 Å². The quantitative estimate of drug-likeness (QED) is 0.0383. The van der Waals surface area contributed by atoms with Crippen LogP contribution in [0.2, 0.25) is 0 Å². The standard InChI is InChI=1S/C28H39N9O17P2/c1-3-4-5-17(39)35(2)13(8-38)27(42)53-21-14(51-26(19(21)40)37-12-33-18-23(30)31-11-32-24(18)37)10-50-56(47,48)54-22-15(9-49-55(44,45)46)52-25(20(22)41)36-7-6-16(29)34-28(36)43/h3,6-7,11-15,19-22,25-26,38,40-41H,1,4-5,8-10H2,2H3,(H,47,48)(H2,29,34,43)(H2,30,31,32)(H2,44,45,46)/t13-,14+,15-,19-,20-,21-,22-,25-,26-/m1/s1. The molecule has 0 bridgehead atoms. The highest BCUT2D eigenvalue weighted by atomic mass is 31.2. The molecule has 1 unspecified atom stereocenters. The third-order valence-corrected chi connectivity index (χ3v) is 10.1. The van der Waals surface area contributed by atoms with Gasteiger partial charge >= 0.3 is 27.3 Å². The van der Waals surface area contributed by atoms with Crippen LogP contribution in [0.5, 0.6) is 0 Å². The number of allylic oxidation sites excluding steroid dienone is 1. The molecule has 5 heterocycles. The van der Waals surface area contributed by atoms with Crippen molar-refractivity contribution in [2.45, 2.75) is 68.0 Å². The van der Waals surface area contributed by atoms with Crippen LogP contribution >= 0.6 is 15.6 Å². The molecule has 56 heavy (non-hydrogen) atoms. The lowest BCUT2D eigenvalue weighted by atomic mass is 10.1. The first kappa shape index (κ1) is 42.9. The molecule has 3 aromatic heterocycles. The summed E-state index contributed by atoms with van der Waals surface area (Å²) in [5.41, 5.74) is 10.5. The summed E-state index contributed by atoms with van der Waals surface area (Å²) in [6, 6.07) is -0.406. The van der Waals surface area contributed by atoms with Gasteiger partial charge in [0, 0.05) is 19.7 Å². The fraction of sp³-hybridized carbons (Fsp3) is 0.536. The molecule has 10 N–H and O–H groups in total. The van der Waals surface area contributed by atoms with Crippen LogP contribution in [0, 0.1) is 0 Å². The minimum Gasteiger partial charge on any atom is -0.455 e. The topological polar surface area (TPSA) is 379 Å². The zero-order chi connectivity index (χ0) is 41.1. The van der Waals surface area contributed by atoms with Gasteiger partial charge in [-0.3, -0.25) is 27.5 Å². The number of nitrogens with two attached hydrogens (primary N) is 2. The number of aliphatic hydroxyl groups excluding tert-OH is 3. The number of aromatic nitrogens is 6. The van der Waals surface area contributed by atoms with Crippen molar-refractivity contribution in [3.8, 4) is 0 Å². The van der Waals surface area contributed by atoms with Crippen molar-refractivity contribution in [2.75, 3.05) is 38.3 Å². The van der Waals surface area contributed by atoms with Gasteiger partial charge in [-0.1, -0.05) is 6.08 Å². The molecule has 2 aliphatic heterocycles. The number of fused-ring (bicyclic) bond motifs is 1. The maximum atomic E-state index is 13.4. The molecule has 0 spiro atoms. The molecule has 26 nitrogen and oxygen atoms in total. The average molecular weight is 836 g/mol. The summed E-state index contributed by atoms with van der Waals surface area (Å²) >= 11 is 0. The van der Waals surface area contributed by atoms with E-state index in [1.165, 1.54) is 24.0 Å². The number of phosphoric acid groups is 2. The van der Waals surface area contributed by atoms with Crippen LogP contribution in [0.4, 0.5) is 11.6 Å². The van der Waals surface area contributed by atoms with Crippen LogP contribution in [0.15, 0.2) is 42.4 Å². The average Bonchev–Trinajstić information content (AvgIpc) is 3.79. The number of hydrogen-bond donors (Lipinski definition) is 8. The number of nitrogens with zero attached hydrogens (tertiary/aromatic N) is 7. The number of rotatable bonds is 17. The summed E-state index contributed by atoms with van der Waals surface area (Å²) in [6.07, 6.45) is -8.99. The molecule has 0 aromatic carbocycles. The molecule has 1 amide bonds. The second kappa shape index (κ2) is 17.5. The summed E-state index contributed by atoms with van der Waals surface area (Å²) in [5, 5.41) is 32.5. The van der Waals surface area contributed by atoms with E-state index in [-0.39, 0.29) is 35.6 Å². The monoisotopic (exact) mass is 835 g/mol. The van der Waals surface area contributed by atoms with Crippen LogP contribution in [0.3, 0.4) is 0 Å². The number of anilines is 2. The van der Waals surface area contributed by atoms with E-state index < -0.39 is 108 Å². The van der Waals surface area contributed by atoms with Gasteiger partial charge < -0.3 is 60.6 Å². The number of aliphatic hydroxyl groups is 3. The fourth-order valence-electron chi connectivity index (χ4n) is 5.78. The zero-order valence-corrected chi connectivity index (χ0v) is 31.0. The largest absolute Gasteiger partial charge is 0.472 e. The zero-order valence-electron chi connectivity index (χ0n) is 29.2. The Morgan fingerprint density at radius 3 is 2.32 bits per heavy atom. The number of likely N-dealkylation sites (N-methyl/N-ethyl adjacent to an activating group) is 1. The second-order valence-electron chi connectivity index (χ2n) is 12.3. The Morgan fingerprint density at radius 1 is 1.04 bits per heavy atom. The van der Waals surface area contributed by atoms with E-state index in [0.29, 0.717) is 0 Å². The fourth-order valence-corrected chi connectivity index (χ4v) is 7.09. The normalized spacial score (nSPS) is 26.8. The van der Waals surface area contributed by atoms with Gasteiger partial charge in [0.25, 0.3) is 0 Å². The van der Waals surface area contributed by atoms with E-state index in [4.69, 9.17) is 34.7 Å². The van der Waals surface area contributed by atoms with Crippen molar-refractivity contribution < 1.29 is 76.5 Å². The molecule has 0 aliphatic carbocycles. The Hall–Kier alpha value is -4.27. The third kappa shape index (κ3) is 9.63. The number of carbonyl (C=O) groups excluding carboxylic acids is 2. The van der Waals surface area contributed by atoms with Crippen LogP contribution in [0.25, 0.3) is 11.2 Å². The number of esters is 1. The molecule has 3 aromatic rings. The Kier molecular flexibility index (Phi) is 13.4. The van der Waals surface area contributed by atoms with Gasteiger partial charge in [0.15, 0.2) is 36.1 Å². The molecule has 2 aliphatic rings. The summed E-state index contributed by atoms with van der Waals surface area (Å²) in [6.45, 7) is 0.607. The lowest BCUT2D eigenvalue weighted by Crippen LogP contribution is -2.49. The third-order valence-electron chi connectivity index (χ3n) is 8.59. The van der Waals surface area contributed by atoms with E-state index in [1.54, 1.807) is 0 Å². The van der Waals surface area contributed by atoms with E-state index >= 15 is 0 Å². The molecule has 2 saturated heterocycles. The number of hydrogen-bond acceptors (Lipinski definition) is 20. The highest BCUT2D eigenvalue weighted by Gasteiger charge is 2.52. The summed E-state index contributed by atoms with van der Waals surface area (Å²) in [5.74, 6) is -1.98. The number of ether oxygens (including phenoxy) is 3. The lowest BCUT2D eigenvalue weighted by Gasteiger charge is -2.28. The van der Waals surface area contributed by atoms with Crippen molar-refractivity contribution in [1.29, 1.82) is 0 Å². The van der Waals surface area contributed by atoms with E-state index in [1.807, 2.05) is 0 Å². The van der Waals surface area contributed by atoms with Crippen molar-refractivity contribution in [3.05, 3.63) is 48.1 Å². The first-order valence-corrected chi connectivity index (χ1v) is 19.4. The molecular weight excluding hydrogens is 796 g/mol. The minimum absolute atomic E-state index is 0.0280. The van der Waals surface area contributed by atoms with Crippen LogP contribution < -0.4 is 17.2 Å². The van der Waals surface area contributed by atoms with Gasteiger partial charge in [-0.25, -0.2) is 33.7 Å². The minimum atomic E-state index is -5.41. The smallest absolute Gasteiger partial charge is 0.455 e. The Bertz CT molecular complexity index is 2070. The molecular formula is C28H39N9O17P2. The second-order valence-corrected chi connectivity index (χ2v) is 14.9. The molecule has 10 atom stereocenters. The van der Waals surface area contributed by atoms with E-state index in [0.717, 1.165) is 28.1 Å². The molecule has 0 saturated carbocycles. The van der Waals surface area contributed by atoms with Crippen LogP contribution in [0.1, 0.15) is 25.3 Å². The van der Waals surface area contributed by atoms with Crippen molar-refractivity contribution >= 4 is 50.3 Å². The molecule has 5 rings (SSSR count). The van der Waals surface area contributed by atoms with Gasteiger partial charge in [-0.05, 0) is 12.5 Å². The first-order valence-electron chi connectivity index (χ1n) is 16.3. The highest BCUT2D eigenvalue weighted by molar-refractivity contribution is 7.47. The van der Waals surface area contributed by atoms with Crippen molar-refractivity contribution in [3.63, 3.8) is 0 Å². The van der Waals surface area contributed by atoms with E-state index in [2.05, 4.69) is 31.0 Å². The highest BCUT2D eigenvalue weighted by Crippen LogP contribution is 2.50. The van der Waals surface area contributed by atoms with Gasteiger partial charge in [0.2, 0.25) is 5.91 Å². The maximum Gasteiger partial charge on any atom is 0.472 e. The summed E-state index contributed by atoms with van der Waals surface area (Å²) < 4.78 is 58.6. The van der Waals surface area contributed by atoms with Gasteiger partial charge in [0.05, 0.1) is 26.1 Å². The van der Waals surface area contributed by atoms with Gasteiger partial charge in [0.1, 0.15) is 48.2 Å². The maximum absolute atomic E-state index is 13.4. The molecule has 2 fully saturated rings. The number of amides is 1. The number of carbonyl (C=O) groups is 2. The van der Waals surface area contributed by atoms with Crippen LogP contribution in [-0.4, -0.2) is 145 Å². The SMILES string of the molecule is C=CCCC(=O)N(C)[C@H](CO)C(=O)O[C@H]1[C@@H](O)[C@H](n2cnc3c(N)ncnc32)O[C@H]1COP(=O)(O)O[C@H]1[C@@H](O)[C@H](n2ccc(N)nc2=O)O[C@@H]1COP(=O)(O)O. The van der Waals surface area contributed by atoms with Gasteiger partial charge in [-0.2, -0.15) is 4.98 Å². The van der Waals surface area contributed by atoms with Gasteiger partial charge in [-0.15, -0.1) is 6.58 Å². The molecule has 0 radical (unpaired) electrons.